The fourth-order valence-corrected chi connectivity index (χ4v) is 3.83. The zero-order chi connectivity index (χ0) is 23.9. The van der Waals surface area contributed by atoms with Crippen molar-refractivity contribution in [3.8, 4) is 11.8 Å². The quantitative estimate of drug-likeness (QED) is 0.266. The van der Waals surface area contributed by atoms with Gasteiger partial charge in [0, 0.05) is 23.2 Å². The van der Waals surface area contributed by atoms with Crippen molar-refractivity contribution in [3.63, 3.8) is 0 Å². The first-order valence-electron chi connectivity index (χ1n) is 10.1. The molecule has 0 amide bonds. The minimum absolute atomic E-state index is 0.117. The van der Waals surface area contributed by atoms with E-state index in [0.717, 1.165) is 0 Å². The SMILES string of the molecule is CC(C)(C)OC(=O)Cn1c2ccccc2c2c1cc(C#N)c(=O)n2-c1ccc([N+](=O)[O-])cc1. The molecular weight excluding hydrogens is 424 g/mol. The van der Waals surface area contributed by atoms with Crippen LogP contribution in [0.15, 0.2) is 59.4 Å². The molecule has 4 rings (SSSR count). The van der Waals surface area contributed by atoms with Crippen LogP contribution in [-0.2, 0) is 16.1 Å². The zero-order valence-corrected chi connectivity index (χ0v) is 18.2. The number of rotatable bonds is 4. The van der Waals surface area contributed by atoms with Crippen LogP contribution < -0.4 is 5.56 Å². The lowest BCUT2D eigenvalue weighted by atomic mass is 10.2. The van der Waals surface area contributed by atoms with Crippen LogP contribution in [0, 0.1) is 21.4 Å². The predicted octanol–water partition coefficient (Wildman–Crippen LogP) is 4.07. The standard InChI is InChI=1S/C24H20N4O5/c1-24(2,3)33-21(29)14-26-19-7-5-4-6-18(19)22-20(26)12-15(13-25)23(30)27(22)16-8-10-17(11-9-16)28(31)32/h4-12H,14H2,1-3H3. The molecule has 4 aromatic rings. The Balaban J connectivity index is 2.04. The van der Waals surface area contributed by atoms with Crippen molar-refractivity contribution in [3.05, 3.63) is 80.6 Å². The second-order valence-corrected chi connectivity index (χ2v) is 8.51. The van der Waals surface area contributed by atoms with E-state index in [-0.39, 0.29) is 17.8 Å². The fraction of sp³-hybridized carbons (Fsp3) is 0.208. The van der Waals surface area contributed by atoms with Crippen LogP contribution in [0.4, 0.5) is 5.69 Å². The van der Waals surface area contributed by atoms with Gasteiger partial charge in [0.15, 0.2) is 0 Å². The highest BCUT2D eigenvalue weighted by Crippen LogP contribution is 2.31. The van der Waals surface area contributed by atoms with Crippen LogP contribution >= 0.6 is 0 Å². The van der Waals surface area contributed by atoms with Gasteiger partial charge < -0.3 is 9.30 Å². The molecular formula is C24H20N4O5. The summed E-state index contributed by atoms with van der Waals surface area (Å²) in [7, 11) is 0. The molecule has 9 heteroatoms. The zero-order valence-electron chi connectivity index (χ0n) is 18.2. The predicted molar refractivity (Wildman–Crippen MR) is 122 cm³/mol. The van der Waals surface area contributed by atoms with Gasteiger partial charge in [-0.05, 0) is 45.0 Å². The van der Waals surface area contributed by atoms with E-state index in [9.17, 15) is 25.0 Å². The molecule has 0 unspecified atom stereocenters. The summed E-state index contributed by atoms with van der Waals surface area (Å²) in [4.78, 5) is 36.4. The molecule has 0 bridgehead atoms. The summed E-state index contributed by atoms with van der Waals surface area (Å²) >= 11 is 0. The average Bonchev–Trinajstić information content (AvgIpc) is 3.05. The number of nitriles is 1. The fourth-order valence-electron chi connectivity index (χ4n) is 3.83. The molecule has 0 fully saturated rings. The van der Waals surface area contributed by atoms with Crippen LogP contribution in [0.1, 0.15) is 26.3 Å². The van der Waals surface area contributed by atoms with E-state index in [4.69, 9.17) is 4.74 Å². The molecule has 166 valence electrons. The smallest absolute Gasteiger partial charge is 0.326 e. The Bertz CT molecular complexity index is 1520. The largest absolute Gasteiger partial charge is 0.459 e. The molecule has 0 N–H and O–H groups in total. The molecule has 0 aliphatic carbocycles. The number of nitro benzene ring substituents is 1. The molecule has 2 aromatic carbocycles. The number of non-ortho nitro benzene ring substituents is 1. The third-order valence-corrected chi connectivity index (χ3v) is 5.07. The van der Waals surface area contributed by atoms with Crippen LogP contribution in [0.3, 0.4) is 0 Å². The van der Waals surface area contributed by atoms with Gasteiger partial charge >= 0.3 is 5.97 Å². The second-order valence-electron chi connectivity index (χ2n) is 8.51. The topological polar surface area (TPSA) is 120 Å². The van der Waals surface area contributed by atoms with Crippen molar-refractivity contribution in [1.29, 1.82) is 5.26 Å². The molecule has 33 heavy (non-hydrogen) atoms. The van der Waals surface area contributed by atoms with E-state index < -0.39 is 22.1 Å². The molecule has 0 spiro atoms. The lowest BCUT2D eigenvalue weighted by Crippen LogP contribution is -2.26. The van der Waals surface area contributed by atoms with Gasteiger partial charge in [-0.3, -0.25) is 24.3 Å². The molecule has 0 aliphatic rings. The Kier molecular flexibility index (Phi) is 5.22. The summed E-state index contributed by atoms with van der Waals surface area (Å²) in [5.41, 5.74) is 0.578. The van der Waals surface area contributed by atoms with Gasteiger partial charge in [0.05, 0.1) is 21.5 Å². The molecule has 0 saturated carbocycles. The van der Waals surface area contributed by atoms with Crippen LogP contribution in [0.5, 0.6) is 0 Å². The van der Waals surface area contributed by atoms with Gasteiger partial charge in [-0.1, -0.05) is 18.2 Å². The van der Waals surface area contributed by atoms with Gasteiger partial charge in [-0.25, -0.2) is 0 Å². The van der Waals surface area contributed by atoms with Crippen molar-refractivity contribution in [2.24, 2.45) is 0 Å². The first kappa shape index (κ1) is 21.8. The number of carbonyl (C=O) groups is 1. The molecule has 2 heterocycles. The van der Waals surface area contributed by atoms with E-state index in [1.807, 2.05) is 30.3 Å². The summed E-state index contributed by atoms with van der Waals surface area (Å²) in [5.74, 6) is -0.461. The highest BCUT2D eigenvalue weighted by molar-refractivity contribution is 6.07. The number of fused-ring (bicyclic) bond motifs is 3. The number of hydrogen-bond acceptors (Lipinski definition) is 6. The lowest BCUT2D eigenvalue weighted by Gasteiger charge is -2.20. The summed E-state index contributed by atoms with van der Waals surface area (Å²) in [6.45, 7) is 5.20. The number of nitrogens with zero attached hydrogens (tertiary/aromatic N) is 4. The van der Waals surface area contributed by atoms with E-state index in [1.54, 1.807) is 25.3 Å². The van der Waals surface area contributed by atoms with E-state index in [0.29, 0.717) is 27.6 Å². The Morgan fingerprint density at radius 1 is 1.12 bits per heavy atom. The van der Waals surface area contributed by atoms with Crippen LogP contribution in [-0.4, -0.2) is 25.6 Å². The maximum Gasteiger partial charge on any atom is 0.326 e. The summed E-state index contributed by atoms with van der Waals surface area (Å²) in [6.07, 6.45) is 0. The molecule has 0 atom stereocenters. The highest BCUT2D eigenvalue weighted by Gasteiger charge is 2.23. The molecule has 2 aromatic heterocycles. The monoisotopic (exact) mass is 444 g/mol. The lowest BCUT2D eigenvalue weighted by molar-refractivity contribution is -0.384. The summed E-state index contributed by atoms with van der Waals surface area (Å²) in [6, 6.07) is 16.1. The number of pyridine rings is 1. The van der Waals surface area contributed by atoms with Crippen LogP contribution in [0.25, 0.3) is 27.6 Å². The Hall–Kier alpha value is -4.45. The van der Waals surface area contributed by atoms with Gasteiger partial charge in [0.1, 0.15) is 23.8 Å². The van der Waals surface area contributed by atoms with Gasteiger partial charge in [0.2, 0.25) is 0 Å². The third-order valence-electron chi connectivity index (χ3n) is 5.07. The van der Waals surface area contributed by atoms with Crippen molar-refractivity contribution >= 4 is 33.6 Å². The van der Waals surface area contributed by atoms with Gasteiger partial charge in [-0.2, -0.15) is 5.26 Å². The Morgan fingerprint density at radius 3 is 2.39 bits per heavy atom. The maximum atomic E-state index is 13.2. The van der Waals surface area contributed by atoms with Crippen molar-refractivity contribution in [1.82, 2.24) is 9.13 Å². The van der Waals surface area contributed by atoms with Crippen molar-refractivity contribution < 1.29 is 14.5 Å². The average molecular weight is 444 g/mol. The van der Waals surface area contributed by atoms with Gasteiger partial charge in [-0.15, -0.1) is 0 Å². The number of carbonyl (C=O) groups excluding carboxylic acids is 1. The maximum absolute atomic E-state index is 13.2. The number of hydrogen-bond donors (Lipinski definition) is 0. The first-order valence-corrected chi connectivity index (χ1v) is 10.1. The minimum Gasteiger partial charge on any atom is -0.459 e. The minimum atomic E-state index is -0.672. The van der Waals surface area contributed by atoms with Crippen LogP contribution in [0.2, 0.25) is 0 Å². The summed E-state index contributed by atoms with van der Waals surface area (Å²) in [5, 5.41) is 21.4. The number of aromatic nitrogens is 2. The van der Waals surface area contributed by atoms with Gasteiger partial charge in [0.25, 0.3) is 11.2 Å². The number of para-hydroxylation sites is 1. The Labute approximate surface area is 188 Å². The third kappa shape index (κ3) is 3.94. The number of esters is 1. The molecule has 0 saturated heterocycles. The Morgan fingerprint density at radius 2 is 1.79 bits per heavy atom. The second kappa shape index (κ2) is 7.91. The number of nitro groups is 1. The molecule has 9 nitrogen and oxygen atoms in total. The first-order chi connectivity index (χ1) is 15.6. The number of ether oxygens (including phenoxy) is 1. The van der Waals surface area contributed by atoms with E-state index >= 15 is 0 Å². The summed E-state index contributed by atoms with van der Waals surface area (Å²) < 4.78 is 8.54. The van der Waals surface area contributed by atoms with Crippen molar-refractivity contribution in [2.45, 2.75) is 32.9 Å². The molecule has 0 radical (unpaired) electrons. The van der Waals surface area contributed by atoms with Crippen molar-refractivity contribution in [2.75, 3.05) is 0 Å². The number of benzene rings is 2. The molecule has 0 aliphatic heterocycles. The highest BCUT2D eigenvalue weighted by atomic mass is 16.6. The van der Waals surface area contributed by atoms with E-state index in [2.05, 4.69) is 0 Å². The normalized spacial score (nSPS) is 11.5. The van der Waals surface area contributed by atoms with E-state index in [1.165, 1.54) is 34.9 Å².